The van der Waals surface area contributed by atoms with Crippen molar-refractivity contribution < 1.29 is 17.9 Å². The molecule has 2 aromatic rings. The van der Waals surface area contributed by atoms with Gasteiger partial charge in [0.05, 0.1) is 9.90 Å². The van der Waals surface area contributed by atoms with E-state index in [1.807, 2.05) is 5.38 Å². The molecule has 1 aromatic carbocycles. The van der Waals surface area contributed by atoms with Gasteiger partial charge in [-0.05, 0) is 25.0 Å². The van der Waals surface area contributed by atoms with Gasteiger partial charge in [0.1, 0.15) is 0 Å². The van der Waals surface area contributed by atoms with Crippen molar-refractivity contribution in [3.63, 3.8) is 0 Å². The number of piperidine rings is 1. The van der Waals surface area contributed by atoms with Crippen molar-refractivity contribution in [1.29, 1.82) is 0 Å². The first-order chi connectivity index (χ1) is 11.1. The van der Waals surface area contributed by atoms with Gasteiger partial charge in [-0.15, -0.1) is 11.3 Å². The summed E-state index contributed by atoms with van der Waals surface area (Å²) in [5.74, 6) is 1.25. The zero-order chi connectivity index (χ0) is 15.9. The van der Waals surface area contributed by atoms with Crippen LogP contribution in [0.2, 0.25) is 0 Å². The van der Waals surface area contributed by atoms with Crippen LogP contribution in [0.15, 0.2) is 34.7 Å². The topological polar surface area (TPSA) is 68.7 Å². The highest BCUT2D eigenvalue weighted by Gasteiger charge is 2.32. The number of aromatic nitrogens is 1. The number of fused-ring (bicyclic) bond motifs is 1. The third-order valence-corrected chi connectivity index (χ3v) is 6.97. The molecule has 0 aliphatic carbocycles. The molecule has 3 heterocycles. The van der Waals surface area contributed by atoms with Crippen LogP contribution in [0, 0.1) is 0 Å². The highest BCUT2D eigenvalue weighted by Crippen LogP contribution is 2.36. The fourth-order valence-electron chi connectivity index (χ4n) is 2.98. The number of hydrogen-bond donors (Lipinski definition) is 0. The van der Waals surface area contributed by atoms with E-state index in [-0.39, 0.29) is 17.6 Å². The molecule has 2 aliphatic rings. The minimum absolute atomic E-state index is 0.134. The first-order valence-corrected chi connectivity index (χ1v) is 9.76. The predicted octanol–water partition coefficient (Wildman–Crippen LogP) is 2.44. The van der Waals surface area contributed by atoms with E-state index in [0.717, 1.165) is 17.8 Å². The Hall–Kier alpha value is -1.64. The number of thiazole rings is 1. The van der Waals surface area contributed by atoms with Crippen molar-refractivity contribution in [3.05, 3.63) is 34.8 Å². The predicted molar refractivity (Wildman–Crippen MR) is 85.4 cm³/mol. The lowest BCUT2D eigenvalue weighted by molar-refractivity contribution is 0.174. The fraction of sp³-hybridized carbons (Fsp3) is 0.400. The standard InChI is InChI=1S/C15H16N2O4S2/c18-23(19,12-3-4-13-14(8-12)21-10-20-13)17-6-1-2-11(9-17)15-16-5-7-22-15/h3-5,7-8,11H,1-2,6,9-10H2/t11-/m0/s1. The van der Waals surface area contributed by atoms with Gasteiger partial charge in [-0.2, -0.15) is 4.31 Å². The van der Waals surface area contributed by atoms with Crippen molar-refractivity contribution in [1.82, 2.24) is 9.29 Å². The Morgan fingerprint density at radius 3 is 2.96 bits per heavy atom. The number of benzene rings is 1. The van der Waals surface area contributed by atoms with Crippen LogP contribution in [0.3, 0.4) is 0 Å². The van der Waals surface area contributed by atoms with E-state index in [0.29, 0.717) is 24.6 Å². The molecule has 0 bridgehead atoms. The lowest BCUT2D eigenvalue weighted by Gasteiger charge is -2.31. The summed E-state index contributed by atoms with van der Waals surface area (Å²) in [6, 6.07) is 4.78. The molecule has 1 aromatic heterocycles. The molecule has 0 unspecified atom stereocenters. The highest BCUT2D eigenvalue weighted by molar-refractivity contribution is 7.89. The van der Waals surface area contributed by atoms with Crippen molar-refractivity contribution in [2.24, 2.45) is 0 Å². The Balaban J connectivity index is 1.60. The van der Waals surface area contributed by atoms with E-state index in [1.54, 1.807) is 40.0 Å². The van der Waals surface area contributed by atoms with Gasteiger partial charge in [-0.1, -0.05) is 0 Å². The molecule has 1 atom stereocenters. The van der Waals surface area contributed by atoms with Crippen LogP contribution in [0.1, 0.15) is 23.8 Å². The molecule has 1 fully saturated rings. The second-order valence-electron chi connectivity index (χ2n) is 5.59. The summed E-state index contributed by atoms with van der Waals surface area (Å²) in [4.78, 5) is 4.59. The molecule has 0 saturated carbocycles. The third kappa shape index (κ3) is 2.71. The first kappa shape index (κ1) is 14.9. The minimum atomic E-state index is -3.53. The lowest BCUT2D eigenvalue weighted by atomic mass is 10.0. The second kappa shape index (κ2) is 5.77. The molecular weight excluding hydrogens is 336 g/mol. The van der Waals surface area contributed by atoms with Crippen LogP contribution >= 0.6 is 11.3 Å². The van der Waals surface area contributed by atoms with Gasteiger partial charge in [0, 0.05) is 36.7 Å². The van der Waals surface area contributed by atoms with Crippen LogP contribution in [0.4, 0.5) is 0 Å². The summed E-state index contributed by atoms with van der Waals surface area (Å²) < 4.78 is 37.9. The molecule has 23 heavy (non-hydrogen) atoms. The number of ether oxygens (including phenoxy) is 2. The van der Waals surface area contributed by atoms with Crippen LogP contribution in [0.5, 0.6) is 11.5 Å². The summed E-state index contributed by atoms with van der Waals surface area (Å²) in [5.41, 5.74) is 0. The van der Waals surface area contributed by atoms with E-state index in [9.17, 15) is 8.42 Å². The molecule has 0 amide bonds. The first-order valence-electron chi connectivity index (χ1n) is 7.44. The highest BCUT2D eigenvalue weighted by atomic mass is 32.2. The maximum absolute atomic E-state index is 12.9. The number of nitrogens with zero attached hydrogens (tertiary/aromatic N) is 2. The Bertz CT molecular complexity index is 805. The fourth-order valence-corrected chi connectivity index (χ4v) is 5.29. The van der Waals surface area contributed by atoms with Crippen LogP contribution in [-0.4, -0.2) is 37.6 Å². The van der Waals surface area contributed by atoms with Gasteiger partial charge in [-0.25, -0.2) is 13.4 Å². The quantitative estimate of drug-likeness (QED) is 0.849. The van der Waals surface area contributed by atoms with Gasteiger partial charge in [0.25, 0.3) is 0 Å². The monoisotopic (exact) mass is 352 g/mol. The zero-order valence-corrected chi connectivity index (χ0v) is 14.0. The van der Waals surface area contributed by atoms with E-state index < -0.39 is 10.0 Å². The summed E-state index contributed by atoms with van der Waals surface area (Å²) in [6.07, 6.45) is 3.58. The van der Waals surface area contributed by atoms with Crippen LogP contribution < -0.4 is 9.47 Å². The number of rotatable bonds is 3. The Morgan fingerprint density at radius 1 is 1.26 bits per heavy atom. The Kier molecular flexibility index (Phi) is 3.74. The maximum Gasteiger partial charge on any atom is 0.243 e. The van der Waals surface area contributed by atoms with E-state index in [2.05, 4.69) is 4.98 Å². The molecule has 122 valence electrons. The smallest absolute Gasteiger partial charge is 0.243 e. The van der Waals surface area contributed by atoms with Crippen molar-refractivity contribution >= 4 is 21.4 Å². The second-order valence-corrected chi connectivity index (χ2v) is 8.45. The van der Waals surface area contributed by atoms with Gasteiger partial charge in [0.2, 0.25) is 16.8 Å². The summed E-state index contributed by atoms with van der Waals surface area (Å²) in [7, 11) is -3.53. The molecule has 0 radical (unpaired) electrons. The molecular formula is C15H16N2O4S2. The van der Waals surface area contributed by atoms with Crippen LogP contribution in [0.25, 0.3) is 0 Å². The van der Waals surface area contributed by atoms with Gasteiger partial charge < -0.3 is 9.47 Å². The molecule has 0 spiro atoms. The summed E-state index contributed by atoms with van der Waals surface area (Å²) >= 11 is 1.59. The molecule has 4 rings (SSSR count). The largest absolute Gasteiger partial charge is 0.454 e. The van der Waals surface area contributed by atoms with E-state index >= 15 is 0 Å². The lowest BCUT2D eigenvalue weighted by Crippen LogP contribution is -2.39. The molecule has 2 aliphatic heterocycles. The Morgan fingerprint density at radius 2 is 2.13 bits per heavy atom. The minimum Gasteiger partial charge on any atom is -0.454 e. The molecule has 1 saturated heterocycles. The van der Waals surface area contributed by atoms with Gasteiger partial charge >= 0.3 is 0 Å². The average molecular weight is 352 g/mol. The SMILES string of the molecule is O=S(=O)(c1ccc2c(c1)OCO2)N1CCC[C@H](c2nccs2)C1. The van der Waals surface area contributed by atoms with E-state index in [4.69, 9.17) is 9.47 Å². The molecule has 6 nitrogen and oxygen atoms in total. The number of hydrogen-bond acceptors (Lipinski definition) is 6. The molecule has 8 heteroatoms. The van der Waals surface area contributed by atoms with Crippen LogP contribution in [-0.2, 0) is 10.0 Å². The van der Waals surface area contributed by atoms with Crippen molar-refractivity contribution in [2.75, 3.05) is 19.9 Å². The van der Waals surface area contributed by atoms with Crippen molar-refractivity contribution in [2.45, 2.75) is 23.7 Å². The van der Waals surface area contributed by atoms with Gasteiger partial charge in [-0.3, -0.25) is 0 Å². The maximum atomic E-state index is 12.9. The third-order valence-electron chi connectivity index (χ3n) is 4.17. The van der Waals surface area contributed by atoms with E-state index in [1.165, 1.54) is 0 Å². The zero-order valence-electron chi connectivity index (χ0n) is 12.3. The van der Waals surface area contributed by atoms with Gasteiger partial charge in [0.15, 0.2) is 11.5 Å². The molecule has 0 N–H and O–H groups in total. The Labute approximate surface area is 138 Å². The summed E-state index contributed by atoms with van der Waals surface area (Å²) in [5, 5.41) is 2.94. The number of sulfonamides is 1. The van der Waals surface area contributed by atoms with Crippen molar-refractivity contribution in [3.8, 4) is 11.5 Å². The summed E-state index contributed by atoms with van der Waals surface area (Å²) in [6.45, 7) is 1.15. The normalized spacial score (nSPS) is 21.5. The average Bonchev–Trinajstić information content (AvgIpc) is 3.25.